The van der Waals surface area contributed by atoms with Gasteiger partial charge in [-0.15, -0.1) is 0 Å². The molecule has 3 aliphatic rings. The smallest absolute Gasteiger partial charge is 0.257 e. The van der Waals surface area contributed by atoms with E-state index in [2.05, 4.69) is 15.6 Å². The third-order valence-corrected chi connectivity index (χ3v) is 7.77. The molecule has 39 heavy (non-hydrogen) atoms. The SMILES string of the molecule is CN1C(=O)c2cc(NC(=O)C3CCOCC3)ccc2OC[C@@H]2O[C@H](CC(=O)NCCc3ccncc3)CC[C@H]21. The summed E-state index contributed by atoms with van der Waals surface area (Å²) in [5, 5.41) is 5.92. The monoisotopic (exact) mass is 536 g/mol. The molecule has 0 saturated carbocycles. The normalized spacial score (nSPS) is 23.5. The molecule has 2 saturated heterocycles. The standard InChI is InChI=1S/C29H36N4O6/c1-33-24-4-3-22(17-27(34)31-13-8-19-6-11-30-12-7-19)39-26(24)18-38-25-5-2-21(16-23(25)29(33)36)32-28(35)20-9-14-37-15-10-20/h2,5-7,11-12,16,20,22,24,26H,3-4,8-10,13-15,17-18H2,1H3,(H,31,34)(H,32,35)/t22-,24+,26-/m0/s1. The molecule has 4 heterocycles. The molecule has 0 spiro atoms. The molecule has 1 aromatic carbocycles. The Labute approximate surface area is 228 Å². The van der Waals surface area contributed by atoms with E-state index in [0.717, 1.165) is 12.0 Å². The lowest BCUT2D eigenvalue weighted by molar-refractivity contribution is -0.134. The number of hydrogen-bond donors (Lipinski definition) is 2. The number of ether oxygens (including phenoxy) is 3. The maximum absolute atomic E-state index is 13.5. The van der Waals surface area contributed by atoms with Crippen molar-refractivity contribution in [2.24, 2.45) is 5.92 Å². The lowest BCUT2D eigenvalue weighted by Crippen LogP contribution is -2.54. The number of nitrogens with zero attached hydrogens (tertiary/aromatic N) is 2. The number of pyridine rings is 1. The summed E-state index contributed by atoms with van der Waals surface area (Å²) in [5.41, 5.74) is 2.11. The lowest BCUT2D eigenvalue weighted by Gasteiger charge is -2.42. The van der Waals surface area contributed by atoms with E-state index in [4.69, 9.17) is 14.2 Å². The zero-order valence-corrected chi connectivity index (χ0v) is 22.3. The van der Waals surface area contributed by atoms with Gasteiger partial charge in [-0.3, -0.25) is 19.4 Å². The number of hydrogen-bond acceptors (Lipinski definition) is 7. The summed E-state index contributed by atoms with van der Waals surface area (Å²) in [4.78, 5) is 44.4. The lowest BCUT2D eigenvalue weighted by atomic mass is 9.94. The molecule has 2 N–H and O–H groups in total. The fourth-order valence-corrected chi connectivity index (χ4v) is 5.48. The van der Waals surface area contributed by atoms with Gasteiger partial charge in [-0.1, -0.05) is 0 Å². The van der Waals surface area contributed by atoms with Gasteiger partial charge in [0.2, 0.25) is 11.8 Å². The van der Waals surface area contributed by atoms with E-state index in [1.54, 1.807) is 42.5 Å². The number of benzene rings is 1. The van der Waals surface area contributed by atoms with Crippen LogP contribution in [0.3, 0.4) is 0 Å². The Bertz CT molecular complexity index is 1170. The quantitative estimate of drug-likeness (QED) is 0.558. The number of rotatable bonds is 7. The minimum Gasteiger partial charge on any atom is -0.490 e. The van der Waals surface area contributed by atoms with Crippen LogP contribution >= 0.6 is 0 Å². The second-order valence-electron chi connectivity index (χ2n) is 10.4. The Morgan fingerprint density at radius 3 is 2.67 bits per heavy atom. The van der Waals surface area contributed by atoms with E-state index in [0.29, 0.717) is 62.4 Å². The summed E-state index contributed by atoms with van der Waals surface area (Å²) in [7, 11) is 1.78. The second-order valence-corrected chi connectivity index (χ2v) is 10.4. The number of nitrogens with one attached hydrogen (secondary N) is 2. The van der Waals surface area contributed by atoms with Crippen LogP contribution in [0, 0.1) is 5.92 Å². The number of carbonyl (C=O) groups excluding carboxylic acids is 3. The number of likely N-dealkylation sites (N-methyl/N-ethyl adjacent to an activating group) is 1. The van der Waals surface area contributed by atoms with Crippen molar-refractivity contribution in [3.8, 4) is 5.75 Å². The van der Waals surface area contributed by atoms with Crippen molar-refractivity contribution in [3.63, 3.8) is 0 Å². The highest BCUT2D eigenvalue weighted by atomic mass is 16.5. The maximum atomic E-state index is 13.5. The van der Waals surface area contributed by atoms with Crippen LogP contribution in [0.4, 0.5) is 5.69 Å². The first-order valence-corrected chi connectivity index (χ1v) is 13.7. The van der Waals surface area contributed by atoms with E-state index < -0.39 is 0 Å². The molecule has 3 amide bonds. The molecular weight excluding hydrogens is 500 g/mol. The number of amides is 3. The molecule has 0 unspecified atom stereocenters. The highest BCUT2D eigenvalue weighted by Crippen LogP contribution is 2.32. The van der Waals surface area contributed by atoms with Crippen LogP contribution in [0.2, 0.25) is 0 Å². The van der Waals surface area contributed by atoms with Crippen LogP contribution in [-0.4, -0.2) is 79.3 Å². The number of aromatic nitrogens is 1. The number of carbonyl (C=O) groups is 3. The number of fused-ring (bicyclic) bond motifs is 2. The van der Waals surface area contributed by atoms with Crippen molar-refractivity contribution < 1.29 is 28.6 Å². The van der Waals surface area contributed by atoms with Gasteiger partial charge < -0.3 is 29.7 Å². The van der Waals surface area contributed by atoms with Crippen molar-refractivity contribution in [3.05, 3.63) is 53.9 Å². The molecule has 3 aliphatic heterocycles. The second kappa shape index (κ2) is 12.6. The fraction of sp³-hybridized carbons (Fsp3) is 0.517. The van der Waals surface area contributed by atoms with E-state index >= 15 is 0 Å². The Kier molecular flexibility index (Phi) is 8.73. The minimum absolute atomic E-state index is 0.0515. The molecule has 0 bridgehead atoms. The fourth-order valence-electron chi connectivity index (χ4n) is 5.48. The van der Waals surface area contributed by atoms with E-state index in [1.807, 2.05) is 12.1 Å². The molecule has 0 aliphatic carbocycles. The Hall–Kier alpha value is -3.50. The van der Waals surface area contributed by atoms with Gasteiger partial charge >= 0.3 is 0 Å². The molecule has 2 fully saturated rings. The molecule has 0 radical (unpaired) electrons. The topological polar surface area (TPSA) is 119 Å². The average Bonchev–Trinajstić information content (AvgIpc) is 2.96. The summed E-state index contributed by atoms with van der Waals surface area (Å²) in [5.74, 6) is 0.0714. The van der Waals surface area contributed by atoms with Gasteiger partial charge in [-0.05, 0) is 68.0 Å². The summed E-state index contributed by atoms with van der Waals surface area (Å²) in [6, 6.07) is 8.86. The summed E-state index contributed by atoms with van der Waals surface area (Å²) in [6.07, 6.45) is 6.68. The minimum atomic E-state index is -0.344. The predicted octanol–water partition coefficient (Wildman–Crippen LogP) is 2.58. The van der Waals surface area contributed by atoms with Crippen molar-refractivity contribution in [2.45, 2.75) is 56.8 Å². The first kappa shape index (κ1) is 27.1. The van der Waals surface area contributed by atoms with Gasteiger partial charge in [-0.25, -0.2) is 0 Å². The third-order valence-electron chi connectivity index (χ3n) is 7.77. The third kappa shape index (κ3) is 6.75. The van der Waals surface area contributed by atoms with Gasteiger partial charge in [0.05, 0.1) is 24.1 Å². The van der Waals surface area contributed by atoms with Crippen molar-refractivity contribution in [1.82, 2.24) is 15.2 Å². The highest BCUT2D eigenvalue weighted by molar-refractivity contribution is 6.00. The van der Waals surface area contributed by atoms with Crippen LogP contribution in [0.5, 0.6) is 5.75 Å². The Morgan fingerprint density at radius 2 is 1.87 bits per heavy atom. The molecule has 1 aromatic heterocycles. The highest BCUT2D eigenvalue weighted by Gasteiger charge is 2.39. The van der Waals surface area contributed by atoms with Crippen molar-refractivity contribution in [1.29, 1.82) is 0 Å². The summed E-state index contributed by atoms with van der Waals surface area (Å²) < 4.78 is 17.7. The van der Waals surface area contributed by atoms with Crippen LogP contribution in [0.15, 0.2) is 42.7 Å². The zero-order valence-electron chi connectivity index (χ0n) is 22.3. The van der Waals surface area contributed by atoms with Gasteiger partial charge in [-0.2, -0.15) is 0 Å². The number of anilines is 1. The maximum Gasteiger partial charge on any atom is 0.257 e. The Morgan fingerprint density at radius 1 is 1.08 bits per heavy atom. The van der Waals surface area contributed by atoms with Crippen LogP contribution in [0.1, 0.15) is 48.0 Å². The van der Waals surface area contributed by atoms with Crippen LogP contribution in [-0.2, 0) is 25.5 Å². The van der Waals surface area contributed by atoms with Crippen molar-refractivity contribution in [2.75, 3.05) is 38.7 Å². The zero-order chi connectivity index (χ0) is 27.2. The van der Waals surface area contributed by atoms with E-state index in [-0.39, 0.29) is 54.9 Å². The van der Waals surface area contributed by atoms with Gasteiger partial charge in [0.15, 0.2) is 0 Å². The Balaban J connectivity index is 1.17. The van der Waals surface area contributed by atoms with Crippen LogP contribution in [0.25, 0.3) is 0 Å². The average molecular weight is 537 g/mol. The van der Waals surface area contributed by atoms with E-state index in [1.165, 1.54) is 0 Å². The molecule has 10 nitrogen and oxygen atoms in total. The molecule has 10 heteroatoms. The predicted molar refractivity (Wildman–Crippen MR) is 143 cm³/mol. The van der Waals surface area contributed by atoms with E-state index in [9.17, 15) is 14.4 Å². The summed E-state index contributed by atoms with van der Waals surface area (Å²) in [6.45, 7) is 1.99. The molecular formula is C29H36N4O6. The molecule has 3 atom stereocenters. The molecule has 2 aromatic rings. The molecule has 208 valence electrons. The first-order valence-electron chi connectivity index (χ1n) is 13.7. The van der Waals surface area contributed by atoms with Crippen molar-refractivity contribution >= 4 is 23.4 Å². The molecule has 5 rings (SSSR count). The van der Waals surface area contributed by atoms with Gasteiger partial charge in [0, 0.05) is 50.8 Å². The van der Waals surface area contributed by atoms with Crippen LogP contribution < -0.4 is 15.4 Å². The summed E-state index contributed by atoms with van der Waals surface area (Å²) >= 11 is 0. The van der Waals surface area contributed by atoms with Gasteiger partial charge in [0.1, 0.15) is 18.5 Å². The largest absolute Gasteiger partial charge is 0.490 e. The van der Waals surface area contributed by atoms with Gasteiger partial charge in [0.25, 0.3) is 5.91 Å². The first-order chi connectivity index (χ1) is 19.0.